The highest BCUT2D eigenvalue weighted by molar-refractivity contribution is 5.24. The topological polar surface area (TPSA) is 12.0 Å². The quantitative estimate of drug-likeness (QED) is 0.835. The van der Waals surface area contributed by atoms with Gasteiger partial charge in [0.1, 0.15) is 0 Å². The molecule has 1 N–H and O–H groups in total. The second-order valence-corrected chi connectivity index (χ2v) is 5.05. The first-order valence-corrected chi connectivity index (χ1v) is 6.77. The minimum Gasteiger partial charge on any atom is -0.310 e. The molecule has 18 heavy (non-hydrogen) atoms. The molecule has 1 heteroatoms. The summed E-state index contributed by atoms with van der Waals surface area (Å²) < 4.78 is 0. The average Bonchev–Trinajstić information content (AvgIpc) is 2.49. The van der Waals surface area contributed by atoms with Crippen LogP contribution in [0.15, 0.2) is 60.7 Å². The van der Waals surface area contributed by atoms with Crippen molar-refractivity contribution in [2.24, 2.45) is 0 Å². The predicted molar refractivity (Wildman–Crippen MR) is 75.6 cm³/mol. The minimum atomic E-state index is 0.505. The predicted octanol–water partition coefficient (Wildman–Crippen LogP) is 3.89. The summed E-state index contributed by atoms with van der Waals surface area (Å²) in [5.41, 5.74) is 2.90. The lowest BCUT2D eigenvalue weighted by atomic mass is 9.84. The monoisotopic (exact) mass is 237 g/mol. The van der Waals surface area contributed by atoms with Gasteiger partial charge in [-0.25, -0.2) is 0 Å². The third kappa shape index (κ3) is 2.46. The molecule has 0 spiro atoms. The van der Waals surface area contributed by atoms with Crippen molar-refractivity contribution < 1.29 is 0 Å². The van der Waals surface area contributed by atoms with Gasteiger partial charge in [-0.05, 0) is 36.4 Å². The van der Waals surface area contributed by atoms with Gasteiger partial charge in [0.05, 0.1) is 0 Å². The Kier molecular flexibility index (Phi) is 3.42. The van der Waals surface area contributed by atoms with E-state index in [2.05, 4.69) is 66.0 Å². The van der Waals surface area contributed by atoms with Crippen LogP contribution in [0.4, 0.5) is 0 Å². The van der Waals surface area contributed by atoms with E-state index in [0.29, 0.717) is 12.0 Å². The molecule has 0 bridgehead atoms. The van der Waals surface area contributed by atoms with Crippen molar-refractivity contribution in [2.75, 3.05) is 6.54 Å². The van der Waals surface area contributed by atoms with E-state index in [-0.39, 0.29) is 0 Å². The maximum Gasteiger partial charge on any atom is 0.0326 e. The Balaban J connectivity index is 1.77. The molecule has 2 atom stereocenters. The lowest BCUT2D eigenvalue weighted by Crippen LogP contribution is -2.30. The van der Waals surface area contributed by atoms with Gasteiger partial charge in [-0.15, -0.1) is 0 Å². The first-order valence-electron chi connectivity index (χ1n) is 6.77. The van der Waals surface area contributed by atoms with Gasteiger partial charge in [-0.3, -0.25) is 0 Å². The maximum absolute atomic E-state index is 3.64. The Labute approximate surface area is 109 Å². The fraction of sp³-hybridized carbons (Fsp3) is 0.294. The molecule has 1 aliphatic rings. The molecule has 92 valence electrons. The van der Waals surface area contributed by atoms with Crippen LogP contribution in [0.2, 0.25) is 0 Å². The van der Waals surface area contributed by atoms with Crippen LogP contribution in [-0.4, -0.2) is 6.54 Å². The number of piperidine rings is 1. The molecule has 2 unspecified atom stereocenters. The minimum absolute atomic E-state index is 0.505. The van der Waals surface area contributed by atoms with Crippen molar-refractivity contribution in [3.63, 3.8) is 0 Å². The first kappa shape index (κ1) is 11.5. The zero-order valence-corrected chi connectivity index (χ0v) is 10.5. The third-order valence-corrected chi connectivity index (χ3v) is 3.88. The molecule has 2 aromatic carbocycles. The zero-order valence-electron chi connectivity index (χ0n) is 10.5. The molecule has 1 fully saturated rings. The van der Waals surface area contributed by atoms with E-state index in [1.54, 1.807) is 0 Å². The number of hydrogen-bond acceptors (Lipinski definition) is 1. The maximum atomic E-state index is 3.64. The fourth-order valence-corrected chi connectivity index (χ4v) is 2.88. The lowest BCUT2D eigenvalue weighted by molar-refractivity contribution is 0.370. The molecule has 1 heterocycles. The van der Waals surface area contributed by atoms with Crippen LogP contribution in [-0.2, 0) is 0 Å². The van der Waals surface area contributed by atoms with Gasteiger partial charge in [-0.2, -0.15) is 0 Å². The Morgan fingerprint density at radius 3 is 2.06 bits per heavy atom. The molecule has 0 saturated carbocycles. The smallest absolute Gasteiger partial charge is 0.0326 e. The molecule has 3 rings (SSSR count). The fourth-order valence-electron chi connectivity index (χ4n) is 2.88. The van der Waals surface area contributed by atoms with E-state index in [9.17, 15) is 0 Å². The van der Waals surface area contributed by atoms with Crippen LogP contribution in [0, 0.1) is 0 Å². The number of benzene rings is 2. The molecule has 1 saturated heterocycles. The number of nitrogens with one attached hydrogen (secondary N) is 1. The van der Waals surface area contributed by atoms with Gasteiger partial charge in [0.2, 0.25) is 0 Å². The van der Waals surface area contributed by atoms with Crippen molar-refractivity contribution in [2.45, 2.75) is 24.8 Å². The number of rotatable bonds is 2. The molecular weight excluding hydrogens is 218 g/mol. The molecule has 0 radical (unpaired) electrons. The van der Waals surface area contributed by atoms with Gasteiger partial charge in [0, 0.05) is 6.04 Å². The SMILES string of the molecule is c1ccc(C2CCNC(c3ccccc3)C2)cc1. The van der Waals surface area contributed by atoms with E-state index < -0.39 is 0 Å². The van der Waals surface area contributed by atoms with Crippen molar-refractivity contribution in [1.29, 1.82) is 0 Å². The van der Waals surface area contributed by atoms with Crippen molar-refractivity contribution in [3.05, 3.63) is 71.8 Å². The van der Waals surface area contributed by atoms with Gasteiger partial charge >= 0.3 is 0 Å². The molecule has 0 aliphatic carbocycles. The summed E-state index contributed by atoms with van der Waals surface area (Å²) in [6.07, 6.45) is 2.45. The normalized spacial score (nSPS) is 23.8. The Bertz CT molecular complexity index is 432. The molecule has 0 amide bonds. The Morgan fingerprint density at radius 1 is 0.778 bits per heavy atom. The van der Waals surface area contributed by atoms with E-state index in [1.165, 1.54) is 24.0 Å². The van der Waals surface area contributed by atoms with Gasteiger partial charge < -0.3 is 5.32 Å². The largest absolute Gasteiger partial charge is 0.310 e. The standard InChI is InChI=1S/C17H19N/c1-3-7-14(8-4-1)16-11-12-18-17(13-16)15-9-5-2-6-10-15/h1-10,16-18H,11-13H2. The first-order chi connectivity index (χ1) is 8.93. The Morgan fingerprint density at radius 2 is 1.39 bits per heavy atom. The average molecular weight is 237 g/mol. The van der Waals surface area contributed by atoms with Gasteiger partial charge in [0.25, 0.3) is 0 Å². The van der Waals surface area contributed by atoms with E-state index >= 15 is 0 Å². The van der Waals surface area contributed by atoms with Crippen LogP contribution in [0.1, 0.15) is 35.9 Å². The van der Waals surface area contributed by atoms with Crippen LogP contribution < -0.4 is 5.32 Å². The van der Waals surface area contributed by atoms with E-state index in [1.807, 2.05) is 0 Å². The van der Waals surface area contributed by atoms with Crippen LogP contribution >= 0.6 is 0 Å². The van der Waals surface area contributed by atoms with E-state index in [4.69, 9.17) is 0 Å². The van der Waals surface area contributed by atoms with Crippen molar-refractivity contribution in [1.82, 2.24) is 5.32 Å². The highest BCUT2D eigenvalue weighted by atomic mass is 14.9. The van der Waals surface area contributed by atoms with E-state index in [0.717, 1.165) is 6.54 Å². The highest BCUT2D eigenvalue weighted by Crippen LogP contribution is 2.33. The van der Waals surface area contributed by atoms with Crippen LogP contribution in [0.5, 0.6) is 0 Å². The molecular formula is C17H19N. The summed E-state index contributed by atoms with van der Waals surface area (Å²) in [6.45, 7) is 1.11. The van der Waals surface area contributed by atoms with Crippen molar-refractivity contribution in [3.8, 4) is 0 Å². The highest BCUT2D eigenvalue weighted by Gasteiger charge is 2.23. The molecule has 1 nitrogen and oxygen atoms in total. The lowest BCUT2D eigenvalue weighted by Gasteiger charge is -2.31. The molecule has 0 aromatic heterocycles. The zero-order chi connectivity index (χ0) is 12.2. The third-order valence-electron chi connectivity index (χ3n) is 3.88. The van der Waals surface area contributed by atoms with Crippen LogP contribution in [0.25, 0.3) is 0 Å². The van der Waals surface area contributed by atoms with Crippen LogP contribution in [0.3, 0.4) is 0 Å². The summed E-state index contributed by atoms with van der Waals surface area (Å²) in [6, 6.07) is 22.2. The summed E-state index contributed by atoms with van der Waals surface area (Å²) in [5, 5.41) is 3.64. The Hall–Kier alpha value is -1.60. The molecule has 1 aliphatic heterocycles. The summed E-state index contributed by atoms with van der Waals surface area (Å²) in [5.74, 6) is 0.692. The summed E-state index contributed by atoms with van der Waals surface area (Å²) in [4.78, 5) is 0. The second kappa shape index (κ2) is 5.36. The van der Waals surface area contributed by atoms with Gasteiger partial charge in [0.15, 0.2) is 0 Å². The summed E-state index contributed by atoms with van der Waals surface area (Å²) in [7, 11) is 0. The summed E-state index contributed by atoms with van der Waals surface area (Å²) >= 11 is 0. The van der Waals surface area contributed by atoms with Gasteiger partial charge in [-0.1, -0.05) is 60.7 Å². The second-order valence-electron chi connectivity index (χ2n) is 5.05. The van der Waals surface area contributed by atoms with Crippen molar-refractivity contribution >= 4 is 0 Å². The number of hydrogen-bond donors (Lipinski definition) is 1. The molecule has 2 aromatic rings.